The summed E-state index contributed by atoms with van der Waals surface area (Å²) in [5.41, 5.74) is 1.15. The molecule has 2 fully saturated rings. The summed E-state index contributed by atoms with van der Waals surface area (Å²) in [5.74, 6) is 0.293. The van der Waals surface area contributed by atoms with Gasteiger partial charge in [0.05, 0.1) is 0 Å². The number of hydrogen-bond donors (Lipinski definition) is 0. The highest BCUT2D eigenvalue weighted by molar-refractivity contribution is 5.83. The van der Waals surface area contributed by atoms with Crippen LogP contribution in [0.1, 0.15) is 30.9 Å². The highest BCUT2D eigenvalue weighted by atomic mass is 16.2. The molecule has 1 unspecified atom stereocenters. The van der Waals surface area contributed by atoms with Gasteiger partial charge in [-0.1, -0.05) is 36.8 Å². The molecule has 22 heavy (non-hydrogen) atoms. The van der Waals surface area contributed by atoms with Crippen molar-refractivity contribution in [3.05, 3.63) is 35.9 Å². The van der Waals surface area contributed by atoms with Crippen LogP contribution in [0.5, 0.6) is 0 Å². The van der Waals surface area contributed by atoms with Crippen molar-refractivity contribution >= 4 is 5.91 Å². The monoisotopic (exact) mass is 301 g/mol. The Hall–Kier alpha value is -1.39. The zero-order valence-electron chi connectivity index (χ0n) is 13.6. The second-order valence-corrected chi connectivity index (χ2v) is 6.54. The molecule has 0 radical (unpaired) electrons. The largest absolute Gasteiger partial charge is 0.338 e. The molecule has 2 aliphatic rings. The van der Waals surface area contributed by atoms with Crippen LogP contribution in [0.25, 0.3) is 0 Å². The molecule has 120 valence electrons. The summed E-state index contributed by atoms with van der Waals surface area (Å²) in [6.07, 6.45) is 3.71. The standard InChI is InChI=1S/C18H27N3O/c1-19-12-14-21(15-13-19)18(22)17(16-8-4-2-5-9-16)20-10-6-3-7-11-20/h2,4-5,8-9,17H,3,6-7,10-15H2,1H3. The van der Waals surface area contributed by atoms with Gasteiger partial charge in [-0.3, -0.25) is 9.69 Å². The number of hydrogen-bond acceptors (Lipinski definition) is 3. The maximum Gasteiger partial charge on any atom is 0.244 e. The van der Waals surface area contributed by atoms with Crippen LogP contribution in [0.2, 0.25) is 0 Å². The van der Waals surface area contributed by atoms with Crippen LogP contribution in [0.4, 0.5) is 0 Å². The van der Waals surface area contributed by atoms with Crippen molar-refractivity contribution < 1.29 is 4.79 Å². The van der Waals surface area contributed by atoms with Crippen LogP contribution in [0, 0.1) is 0 Å². The lowest BCUT2D eigenvalue weighted by Crippen LogP contribution is -2.51. The molecule has 2 heterocycles. The summed E-state index contributed by atoms with van der Waals surface area (Å²) in [6.45, 7) is 5.75. The van der Waals surface area contributed by atoms with Crippen molar-refractivity contribution in [1.82, 2.24) is 14.7 Å². The lowest BCUT2D eigenvalue weighted by molar-refractivity contribution is -0.139. The molecule has 1 atom stereocenters. The molecule has 3 rings (SSSR count). The number of nitrogens with zero attached hydrogens (tertiary/aromatic N) is 3. The topological polar surface area (TPSA) is 26.8 Å². The number of carbonyl (C=O) groups excluding carboxylic acids is 1. The summed E-state index contributed by atoms with van der Waals surface area (Å²) in [5, 5.41) is 0. The van der Waals surface area contributed by atoms with Crippen molar-refractivity contribution in [1.29, 1.82) is 0 Å². The quantitative estimate of drug-likeness (QED) is 0.854. The van der Waals surface area contributed by atoms with Gasteiger partial charge in [0.1, 0.15) is 6.04 Å². The van der Waals surface area contributed by atoms with Crippen LogP contribution in [-0.4, -0.2) is 66.9 Å². The first-order chi connectivity index (χ1) is 10.8. The van der Waals surface area contributed by atoms with E-state index in [1.165, 1.54) is 19.3 Å². The van der Waals surface area contributed by atoms with Crippen molar-refractivity contribution in [2.45, 2.75) is 25.3 Å². The van der Waals surface area contributed by atoms with Crippen LogP contribution < -0.4 is 0 Å². The van der Waals surface area contributed by atoms with E-state index < -0.39 is 0 Å². The molecule has 0 N–H and O–H groups in total. The Morgan fingerprint density at radius 2 is 1.55 bits per heavy atom. The van der Waals surface area contributed by atoms with E-state index in [-0.39, 0.29) is 6.04 Å². The van der Waals surface area contributed by atoms with Gasteiger partial charge >= 0.3 is 0 Å². The predicted octanol–water partition coefficient (Wildman–Crippen LogP) is 1.99. The van der Waals surface area contributed by atoms with Crippen molar-refractivity contribution in [2.24, 2.45) is 0 Å². The average molecular weight is 301 g/mol. The third kappa shape index (κ3) is 3.50. The maximum absolute atomic E-state index is 13.2. The fourth-order valence-electron chi connectivity index (χ4n) is 3.52. The zero-order valence-corrected chi connectivity index (χ0v) is 13.6. The molecule has 2 aliphatic heterocycles. The van der Waals surface area contributed by atoms with E-state index in [1.807, 2.05) is 18.2 Å². The van der Waals surface area contributed by atoms with E-state index in [1.54, 1.807) is 0 Å². The number of piperidine rings is 1. The van der Waals surface area contributed by atoms with E-state index in [2.05, 4.69) is 33.9 Å². The Morgan fingerprint density at radius 3 is 2.18 bits per heavy atom. The SMILES string of the molecule is CN1CCN(C(=O)C(c2ccccc2)N2CCCCC2)CC1. The summed E-state index contributed by atoms with van der Waals surface area (Å²) >= 11 is 0. The molecule has 0 aliphatic carbocycles. The van der Waals surface area contributed by atoms with Crippen molar-refractivity contribution in [3.63, 3.8) is 0 Å². The Morgan fingerprint density at radius 1 is 0.909 bits per heavy atom. The van der Waals surface area contributed by atoms with Gasteiger partial charge in [-0.2, -0.15) is 0 Å². The minimum atomic E-state index is -0.0927. The van der Waals surface area contributed by atoms with Crippen LogP contribution in [0.3, 0.4) is 0 Å². The molecular formula is C18H27N3O. The summed E-state index contributed by atoms with van der Waals surface area (Å²) < 4.78 is 0. The molecule has 1 amide bonds. The fourth-order valence-corrected chi connectivity index (χ4v) is 3.52. The zero-order chi connectivity index (χ0) is 15.4. The lowest BCUT2D eigenvalue weighted by Gasteiger charge is -2.39. The highest BCUT2D eigenvalue weighted by Crippen LogP contribution is 2.27. The molecule has 0 bridgehead atoms. The van der Waals surface area contributed by atoms with Gasteiger partial charge in [-0.15, -0.1) is 0 Å². The highest BCUT2D eigenvalue weighted by Gasteiger charge is 2.32. The first-order valence-electron chi connectivity index (χ1n) is 8.52. The molecule has 4 heteroatoms. The molecule has 4 nitrogen and oxygen atoms in total. The molecule has 0 aromatic heterocycles. The van der Waals surface area contributed by atoms with Gasteiger partial charge in [0.2, 0.25) is 5.91 Å². The van der Waals surface area contributed by atoms with Crippen LogP contribution >= 0.6 is 0 Å². The first kappa shape index (κ1) is 15.5. The number of carbonyl (C=O) groups is 1. The Kier molecular flexibility index (Phi) is 5.11. The van der Waals surface area contributed by atoms with E-state index in [0.29, 0.717) is 5.91 Å². The van der Waals surface area contributed by atoms with Gasteiger partial charge in [0, 0.05) is 26.2 Å². The smallest absolute Gasteiger partial charge is 0.244 e. The number of benzene rings is 1. The maximum atomic E-state index is 13.2. The van der Waals surface area contributed by atoms with Gasteiger partial charge in [-0.25, -0.2) is 0 Å². The van der Waals surface area contributed by atoms with E-state index in [4.69, 9.17) is 0 Å². The normalized spacial score (nSPS) is 22.5. The summed E-state index contributed by atoms with van der Waals surface area (Å²) in [7, 11) is 2.13. The van der Waals surface area contributed by atoms with Crippen molar-refractivity contribution in [3.8, 4) is 0 Å². The molecular weight excluding hydrogens is 274 g/mol. The van der Waals surface area contributed by atoms with Crippen LogP contribution in [0.15, 0.2) is 30.3 Å². The minimum Gasteiger partial charge on any atom is -0.338 e. The van der Waals surface area contributed by atoms with Gasteiger partial charge in [-0.05, 0) is 38.5 Å². The second-order valence-electron chi connectivity index (χ2n) is 6.54. The number of likely N-dealkylation sites (tertiary alicyclic amines) is 1. The summed E-state index contributed by atoms with van der Waals surface area (Å²) in [6, 6.07) is 10.2. The second kappa shape index (κ2) is 7.25. The van der Waals surface area contributed by atoms with Crippen LogP contribution in [-0.2, 0) is 4.79 Å². The molecule has 2 saturated heterocycles. The third-order valence-corrected chi connectivity index (χ3v) is 4.92. The number of amides is 1. The number of rotatable bonds is 3. The first-order valence-corrected chi connectivity index (χ1v) is 8.52. The van der Waals surface area contributed by atoms with Gasteiger partial charge in [0.25, 0.3) is 0 Å². The molecule has 1 aromatic carbocycles. The Labute approximate surface area is 133 Å². The third-order valence-electron chi connectivity index (χ3n) is 4.92. The average Bonchev–Trinajstić information content (AvgIpc) is 2.57. The van der Waals surface area contributed by atoms with Crippen molar-refractivity contribution in [2.75, 3.05) is 46.3 Å². The predicted molar refractivity (Wildman–Crippen MR) is 88.7 cm³/mol. The summed E-state index contributed by atoms with van der Waals surface area (Å²) in [4.78, 5) is 19.9. The minimum absolute atomic E-state index is 0.0927. The Bertz CT molecular complexity index is 476. The molecule has 1 aromatic rings. The molecule has 0 spiro atoms. The van der Waals surface area contributed by atoms with Gasteiger partial charge < -0.3 is 9.80 Å². The number of piperazine rings is 1. The van der Waals surface area contributed by atoms with E-state index in [0.717, 1.165) is 44.8 Å². The van der Waals surface area contributed by atoms with E-state index >= 15 is 0 Å². The van der Waals surface area contributed by atoms with Gasteiger partial charge in [0.15, 0.2) is 0 Å². The fraction of sp³-hybridized carbons (Fsp3) is 0.611. The molecule has 0 saturated carbocycles. The lowest BCUT2D eigenvalue weighted by atomic mass is 10.00. The van der Waals surface area contributed by atoms with E-state index in [9.17, 15) is 4.79 Å². The number of likely N-dealkylation sites (N-methyl/N-ethyl adjacent to an activating group) is 1. The Balaban J connectivity index is 1.79.